The van der Waals surface area contributed by atoms with Gasteiger partial charge in [-0.05, 0) is 96.4 Å². The van der Waals surface area contributed by atoms with Gasteiger partial charge in [-0.2, -0.15) is 0 Å². The zero-order valence-corrected chi connectivity index (χ0v) is 22.2. The van der Waals surface area contributed by atoms with Gasteiger partial charge < -0.3 is 20.7 Å². The van der Waals surface area contributed by atoms with E-state index in [0.717, 1.165) is 57.2 Å². The van der Waals surface area contributed by atoms with Gasteiger partial charge in [-0.1, -0.05) is 31.2 Å². The fourth-order valence-electron chi connectivity index (χ4n) is 9.76. The predicted molar refractivity (Wildman–Crippen MR) is 146 cm³/mol. The quantitative estimate of drug-likeness (QED) is 0.566. The van der Waals surface area contributed by atoms with Gasteiger partial charge in [0, 0.05) is 43.0 Å². The minimum absolute atomic E-state index is 0.115. The standard InChI is InChI=1S/C32H39N3O3/c1-30-9-6-22-15-25-28(36)29(37)26(35-13-8-23(33)18-35)16-31(25)10-11-32(22,38-31)27(30)5-4-24(30)20-3-2-19-7-12-34-17-21(19)14-20/h2-3,6-7,12,14-15,17,23-24,26-29,36-37H,4-5,8-11,13,16,18,33H2,1H3/t23-,24-,26+,27-,28-,29-,30-,31-,32?/m1/s1. The van der Waals surface area contributed by atoms with Gasteiger partial charge >= 0.3 is 0 Å². The summed E-state index contributed by atoms with van der Waals surface area (Å²) < 4.78 is 7.37. The van der Waals surface area contributed by atoms with Crippen molar-refractivity contribution in [1.82, 2.24) is 9.88 Å². The average Bonchev–Trinajstić information content (AvgIpc) is 3.60. The summed E-state index contributed by atoms with van der Waals surface area (Å²) in [4.78, 5) is 6.67. The lowest BCUT2D eigenvalue weighted by Crippen LogP contribution is -2.62. The van der Waals surface area contributed by atoms with Crippen LogP contribution in [0, 0.1) is 11.3 Å². The maximum absolute atomic E-state index is 11.4. The molecule has 9 atom stereocenters. The van der Waals surface area contributed by atoms with Gasteiger partial charge in [0.15, 0.2) is 0 Å². The molecule has 3 aliphatic heterocycles. The summed E-state index contributed by atoms with van der Waals surface area (Å²) in [6.07, 6.45) is 13.7. The lowest BCUT2D eigenvalue weighted by atomic mass is 9.58. The lowest BCUT2D eigenvalue weighted by Gasteiger charge is -2.56. The van der Waals surface area contributed by atoms with Crippen LogP contribution in [0.1, 0.15) is 63.4 Å². The number of allylic oxidation sites excluding steroid dienone is 1. The molecule has 1 unspecified atom stereocenters. The van der Waals surface area contributed by atoms with E-state index in [1.54, 1.807) is 0 Å². The smallest absolute Gasteiger partial charge is 0.105 e. The summed E-state index contributed by atoms with van der Waals surface area (Å²) >= 11 is 0. The van der Waals surface area contributed by atoms with Crippen molar-refractivity contribution in [2.75, 3.05) is 13.1 Å². The van der Waals surface area contributed by atoms with E-state index in [0.29, 0.717) is 11.8 Å². The topological polar surface area (TPSA) is 91.8 Å². The molecule has 2 bridgehead atoms. The Hall–Kier alpha value is -2.09. The van der Waals surface area contributed by atoms with E-state index in [2.05, 4.69) is 53.2 Å². The molecule has 200 valence electrons. The number of hydrogen-bond acceptors (Lipinski definition) is 6. The normalized spacial score (nSPS) is 45.9. The van der Waals surface area contributed by atoms with Crippen molar-refractivity contribution in [3.63, 3.8) is 0 Å². The van der Waals surface area contributed by atoms with Gasteiger partial charge in [0.1, 0.15) is 6.10 Å². The van der Waals surface area contributed by atoms with Crippen molar-refractivity contribution >= 4 is 10.8 Å². The first kappa shape index (κ1) is 23.8. The minimum Gasteiger partial charge on any atom is -0.388 e. The van der Waals surface area contributed by atoms with E-state index in [9.17, 15) is 10.2 Å². The molecule has 8 rings (SSSR count). The minimum atomic E-state index is -0.890. The molecule has 0 amide bonds. The van der Waals surface area contributed by atoms with Crippen LogP contribution >= 0.6 is 0 Å². The number of rotatable bonds is 2. The molecule has 3 aliphatic carbocycles. The molecule has 4 N–H and O–H groups in total. The second kappa shape index (κ2) is 7.98. The zero-order chi connectivity index (χ0) is 25.9. The number of fused-ring (bicyclic) bond motifs is 2. The molecule has 1 aromatic heterocycles. The Bertz CT molecular complexity index is 1370. The number of aliphatic hydroxyl groups is 2. The van der Waals surface area contributed by atoms with Gasteiger partial charge in [-0.3, -0.25) is 9.88 Å². The molecule has 6 nitrogen and oxygen atoms in total. The van der Waals surface area contributed by atoms with Gasteiger partial charge in [-0.25, -0.2) is 0 Å². The van der Waals surface area contributed by atoms with Crippen LogP contribution in [0.3, 0.4) is 0 Å². The van der Waals surface area contributed by atoms with Crippen LogP contribution in [0.15, 0.2) is 60.0 Å². The highest BCUT2D eigenvalue weighted by molar-refractivity contribution is 5.82. The number of likely N-dealkylation sites (tertiary alicyclic amines) is 1. The number of aliphatic hydroxyl groups excluding tert-OH is 2. The Morgan fingerprint density at radius 3 is 2.84 bits per heavy atom. The number of aromatic nitrogens is 1. The molecular formula is C32H39N3O3. The molecule has 2 spiro atoms. The third-order valence-electron chi connectivity index (χ3n) is 11.6. The molecule has 2 saturated carbocycles. The van der Waals surface area contributed by atoms with Crippen molar-refractivity contribution in [2.24, 2.45) is 17.1 Å². The molecule has 2 saturated heterocycles. The third kappa shape index (κ3) is 3.04. The number of ether oxygens (including phenoxy) is 1. The van der Waals surface area contributed by atoms with E-state index in [-0.39, 0.29) is 23.1 Å². The van der Waals surface area contributed by atoms with Crippen molar-refractivity contribution in [1.29, 1.82) is 0 Å². The first-order chi connectivity index (χ1) is 18.3. The summed E-state index contributed by atoms with van der Waals surface area (Å²) in [6, 6.07) is 9.06. The van der Waals surface area contributed by atoms with Crippen LogP contribution < -0.4 is 5.73 Å². The van der Waals surface area contributed by atoms with Gasteiger partial charge in [0.25, 0.3) is 0 Å². The second-order valence-corrected chi connectivity index (χ2v) is 13.4. The number of nitrogens with two attached hydrogens (primary N) is 1. The Labute approximate surface area is 224 Å². The highest BCUT2D eigenvalue weighted by atomic mass is 16.5. The largest absolute Gasteiger partial charge is 0.388 e. The molecule has 6 aliphatic rings. The first-order valence-electron chi connectivity index (χ1n) is 14.7. The first-order valence-corrected chi connectivity index (χ1v) is 14.7. The second-order valence-electron chi connectivity index (χ2n) is 13.4. The monoisotopic (exact) mass is 513 g/mol. The van der Waals surface area contributed by atoms with E-state index in [4.69, 9.17) is 10.5 Å². The SMILES string of the molecule is C[C@]12CC=C3C=C4[C@@H](O)[C@H](O)[C@@H](N5CC[C@@H](N)C5)C[C@]45CCC3(O5)[C@@H]1CC[C@@H]2c1ccc2ccncc2c1. The Morgan fingerprint density at radius 1 is 1.11 bits per heavy atom. The van der Waals surface area contributed by atoms with E-state index in [1.807, 2.05) is 12.4 Å². The predicted octanol–water partition coefficient (Wildman–Crippen LogP) is 3.82. The number of benzene rings is 1. The Morgan fingerprint density at radius 2 is 2.00 bits per heavy atom. The van der Waals surface area contributed by atoms with Crippen LogP contribution in [0.4, 0.5) is 0 Å². The highest BCUT2D eigenvalue weighted by Gasteiger charge is 2.68. The summed E-state index contributed by atoms with van der Waals surface area (Å²) in [5.41, 5.74) is 9.14. The molecule has 2 aromatic rings. The fraction of sp³-hybridized carbons (Fsp3) is 0.594. The summed E-state index contributed by atoms with van der Waals surface area (Å²) in [7, 11) is 0. The van der Waals surface area contributed by atoms with Crippen LogP contribution in [-0.2, 0) is 4.74 Å². The van der Waals surface area contributed by atoms with E-state index >= 15 is 0 Å². The number of nitrogens with zero attached hydrogens (tertiary/aromatic N) is 2. The maximum Gasteiger partial charge on any atom is 0.105 e. The highest BCUT2D eigenvalue weighted by Crippen LogP contribution is 2.69. The summed E-state index contributed by atoms with van der Waals surface area (Å²) in [5.74, 6) is 0.914. The average molecular weight is 514 g/mol. The summed E-state index contributed by atoms with van der Waals surface area (Å²) in [5, 5.41) is 25.1. The number of pyridine rings is 1. The Kier molecular flexibility index (Phi) is 4.99. The Balaban J connectivity index is 1.16. The van der Waals surface area contributed by atoms with Crippen LogP contribution in [0.25, 0.3) is 10.8 Å². The van der Waals surface area contributed by atoms with Crippen molar-refractivity contribution in [3.05, 3.63) is 65.5 Å². The molecule has 0 radical (unpaired) electrons. The maximum atomic E-state index is 11.4. The molecule has 6 heteroatoms. The third-order valence-corrected chi connectivity index (χ3v) is 11.6. The molecular weight excluding hydrogens is 474 g/mol. The van der Waals surface area contributed by atoms with E-state index in [1.165, 1.54) is 28.3 Å². The van der Waals surface area contributed by atoms with Crippen LogP contribution in [0.2, 0.25) is 0 Å². The molecule has 4 heterocycles. The molecule has 38 heavy (non-hydrogen) atoms. The van der Waals surface area contributed by atoms with Crippen molar-refractivity contribution < 1.29 is 14.9 Å². The van der Waals surface area contributed by atoms with Crippen molar-refractivity contribution in [3.8, 4) is 0 Å². The van der Waals surface area contributed by atoms with Crippen LogP contribution in [-0.4, -0.2) is 68.7 Å². The molecule has 1 aromatic carbocycles. The van der Waals surface area contributed by atoms with E-state index < -0.39 is 17.8 Å². The van der Waals surface area contributed by atoms with Gasteiger partial charge in [-0.15, -0.1) is 0 Å². The number of hydrogen-bond donors (Lipinski definition) is 3. The van der Waals surface area contributed by atoms with Gasteiger partial charge in [0.05, 0.1) is 17.3 Å². The fourth-order valence-corrected chi connectivity index (χ4v) is 9.76. The van der Waals surface area contributed by atoms with Crippen molar-refractivity contribution in [2.45, 2.75) is 93.3 Å². The molecule has 4 fully saturated rings. The van der Waals surface area contributed by atoms with Gasteiger partial charge in [0.2, 0.25) is 0 Å². The lowest BCUT2D eigenvalue weighted by molar-refractivity contribution is -0.167. The zero-order valence-electron chi connectivity index (χ0n) is 22.2. The van der Waals surface area contributed by atoms with Crippen LogP contribution in [0.5, 0.6) is 0 Å². The summed E-state index contributed by atoms with van der Waals surface area (Å²) in [6.45, 7) is 4.15.